The Hall–Kier alpha value is -3.65. The number of piperidine rings is 1. The number of likely N-dealkylation sites (tertiary alicyclic amines) is 1. The summed E-state index contributed by atoms with van der Waals surface area (Å²) >= 11 is 0. The van der Waals surface area contributed by atoms with E-state index in [0.29, 0.717) is 24.1 Å². The number of hydrogen-bond donors (Lipinski definition) is 2. The highest BCUT2D eigenvalue weighted by Gasteiger charge is 2.46. The number of halogens is 3. The molecule has 0 aliphatic carbocycles. The van der Waals surface area contributed by atoms with Gasteiger partial charge in [0.1, 0.15) is 6.17 Å². The lowest BCUT2D eigenvalue weighted by Crippen LogP contribution is -2.36. The van der Waals surface area contributed by atoms with Gasteiger partial charge in [-0.2, -0.15) is 13.2 Å². The molecule has 14 heteroatoms. The minimum atomic E-state index is -5.58. The van der Waals surface area contributed by atoms with Gasteiger partial charge in [-0.1, -0.05) is 0 Å². The van der Waals surface area contributed by atoms with Crippen LogP contribution < -0.4 is 11.0 Å². The van der Waals surface area contributed by atoms with Crippen LogP contribution in [0.4, 0.5) is 13.2 Å². The lowest BCUT2D eigenvalue weighted by Gasteiger charge is -2.31. The average Bonchev–Trinajstić information content (AvgIpc) is 3.16. The molecule has 1 fully saturated rings. The molecule has 1 aliphatic rings. The zero-order valence-corrected chi connectivity index (χ0v) is 20.4. The van der Waals surface area contributed by atoms with Crippen molar-refractivity contribution in [2.45, 2.75) is 35.3 Å². The molecule has 0 saturated carbocycles. The van der Waals surface area contributed by atoms with Crippen LogP contribution in [-0.2, 0) is 14.6 Å². The standard InChI is InChI=1S/C23H24F3N5O5S/c1-29-10-7-15(8-11-29)19-12-27-9-6-18(19)21(28-14-32)30-13-20(33)31(22(30)34)16-2-4-17(5-3-16)37(35,36)23(24,25)26/h2-6,9,12-15,21,33H,7-8,10-11H2,1H3,(H,28,32). The van der Waals surface area contributed by atoms with E-state index in [1.165, 1.54) is 6.20 Å². The third-order valence-corrected chi connectivity index (χ3v) is 7.95. The monoisotopic (exact) mass is 539 g/mol. The number of pyridine rings is 1. The first-order chi connectivity index (χ1) is 17.5. The summed E-state index contributed by atoms with van der Waals surface area (Å²) in [5.74, 6) is -0.436. The number of aromatic nitrogens is 3. The summed E-state index contributed by atoms with van der Waals surface area (Å²) in [5.41, 5.74) is -4.93. The number of nitrogens with zero attached hydrogens (tertiary/aromatic N) is 4. The van der Waals surface area contributed by atoms with E-state index in [9.17, 15) is 36.3 Å². The number of carbonyl (C=O) groups excluding carboxylic acids is 1. The topological polar surface area (TPSA) is 127 Å². The lowest BCUT2D eigenvalue weighted by atomic mass is 9.87. The summed E-state index contributed by atoms with van der Waals surface area (Å²) < 4.78 is 63.7. The Bertz CT molecular complexity index is 1440. The van der Waals surface area contributed by atoms with Crippen LogP contribution in [0.15, 0.2) is 58.6 Å². The van der Waals surface area contributed by atoms with Gasteiger partial charge in [0.05, 0.1) is 16.8 Å². The highest BCUT2D eigenvalue weighted by atomic mass is 32.2. The van der Waals surface area contributed by atoms with Crippen molar-refractivity contribution >= 4 is 16.2 Å². The summed E-state index contributed by atoms with van der Waals surface area (Å²) in [6, 6.07) is 5.02. The predicted octanol–water partition coefficient (Wildman–Crippen LogP) is 2.14. The predicted molar refractivity (Wildman–Crippen MR) is 126 cm³/mol. The zero-order chi connectivity index (χ0) is 27.0. The van der Waals surface area contributed by atoms with Crippen molar-refractivity contribution in [2.24, 2.45) is 0 Å². The molecule has 0 bridgehead atoms. The van der Waals surface area contributed by atoms with Crippen LogP contribution in [0.5, 0.6) is 5.88 Å². The smallest absolute Gasteiger partial charge is 0.493 e. The van der Waals surface area contributed by atoms with E-state index in [0.717, 1.165) is 59.0 Å². The summed E-state index contributed by atoms with van der Waals surface area (Å²) in [6.07, 6.45) is 5.39. The number of amides is 1. The van der Waals surface area contributed by atoms with Gasteiger partial charge < -0.3 is 15.3 Å². The van der Waals surface area contributed by atoms with E-state index in [1.807, 2.05) is 7.05 Å². The van der Waals surface area contributed by atoms with E-state index < -0.39 is 38.0 Å². The number of nitrogens with one attached hydrogen (secondary N) is 1. The summed E-state index contributed by atoms with van der Waals surface area (Å²) in [7, 11) is -3.56. The molecule has 37 heavy (non-hydrogen) atoms. The molecule has 10 nitrogen and oxygen atoms in total. The molecule has 1 amide bonds. The van der Waals surface area contributed by atoms with Crippen molar-refractivity contribution in [3.63, 3.8) is 0 Å². The van der Waals surface area contributed by atoms with Crippen molar-refractivity contribution in [3.05, 3.63) is 70.5 Å². The molecule has 4 rings (SSSR count). The number of imidazole rings is 1. The van der Waals surface area contributed by atoms with E-state index >= 15 is 0 Å². The molecule has 1 atom stereocenters. The lowest BCUT2D eigenvalue weighted by molar-refractivity contribution is -0.110. The third kappa shape index (κ3) is 4.98. The second kappa shape index (κ2) is 10.0. The molecule has 1 saturated heterocycles. The van der Waals surface area contributed by atoms with Gasteiger partial charge in [-0.3, -0.25) is 14.3 Å². The van der Waals surface area contributed by atoms with Crippen molar-refractivity contribution in [1.29, 1.82) is 0 Å². The zero-order valence-electron chi connectivity index (χ0n) is 19.6. The van der Waals surface area contributed by atoms with E-state index in [1.54, 1.807) is 12.3 Å². The van der Waals surface area contributed by atoms with Gasteiger partial charge in [-0.25, -0.2) is 17.8 Å². The Morgan fingerprint density at radius 2 is 1.81 bits per heavy atom. The molecule has 0 radical (unpaired) electrons. The molecule has 3 heterocycles. The second-order valence-corrected chi connectivity index (χ2v) is 10.7. The van der Waals surface area contributed by atoms with Crippen LogP contribution in [0, 0.1) is 0 Å². The molecule has 1 aromatic carbocycles. The number of carbonyl (C=O) groups is 1. The largest absolute Gasteiger partial charge is 0.501 e. The number of hydrogen-bond acceptors (Lipinski definition) is 7. The van der Waals surface area contributed by atoms with Gasteiger partial charge in [0, 0.05) is 18.0 Å². The first-order valence-electron chi connectivity index (χ1n) is 11.2. The van der Waals surface area contributed by atoms with Crippen LogP contribution in [0.3, 0.4) is 0 Å². The summed E-state index contributed by atoms with van der Waals surface area (Å²) in [5, 5.41) is 13.1. The Balaban J connectivity index is 1.75. The number of sulfone groups is 1. The Kier molecular flexibility index (Phi) is 7.15. The maximum atomic E-state index is 13.3. The van der Waals surface area contributed by atoms with Gasteiger partial charge in [-0.05, 0) is 74.8 Å². The van der Waals surface area contributed by atoms with E-state index in [-0.39, 0.29) is 11.6 Å². The van der Waals surface area contributed by atoms with Crippen LogP contribution in [-0.4, -0.2) is 64.6 Å². The minimum absolute atomic E-state index is 0.0718. The maximum Gasteiger partial charge on any atom is 0.501 e. The van der Waals surface area contributed by atoms with Crippen LogP contribution in [0.25, 0.3) is 5.69 Å². The normalized spacial score (nSPS) is 16.4. The summed E-state index contributed by atoms with van der Waals surface area (Å²) in [6.45, 7) is 1.73. The van der Waals surface area contributed by atoms with E-state index in [2.05, 4.69) is 15.2 Å². The minimum Gasteiger partial charge on any atom is -0.493 e. The Morgan fingerprint density at radius 1 is 1.16 bits per heavy atom. The van der Waals surface area contributed by atoms with Gasteiger partial charge in [0.25, 0.3) is 9.84 Å². The number of aromatic hydroxyl groups is 1. The SMILES string of the molecule is CN1CCC(c2cnccc2C(NC=O)n2cc(O)n(-c3ccc(S(=O)(=O)C(F)(F)F)cc3)c2=O)CC1. The molecule has 0 spiro atoms. The average molecular weight is 540 g/mol. The van der Waals surface area contributed by atoms with Crippen LogP contribution in [0.1, 0.15) is 36.1 Å². The fourth-order valence-electron chi connectivity index (χ4n) is 4.50. The highest BCUT2D eigenvalue weighted by molar-refractivity contribution is 7.92. The fraction of sp³-hybridized carbons (Fsp3) is 0.348. The van der Waals surface area contributed by atoms with E-state index in [4.69, 9.17) is 0 Å². The van der Waals surface area contributed by atoms with Crippen molar-refractivity contribution in [3.8, 4) is 11.6 Å². The van der Waals surface area contributed by atoms with Gasteiger partial charge in [-0.15, -0.1) is 0 Å². The first kappa shape index (κ1) is 26.4. The van der Waals surface area contributed by atoms with Crippen molar-refractivity contribution < 1.29 is 31.5 Å². The molecular formula is C23H24F3N5O5S. The molecule has 198 valence electrons. The van der Waals surface area contributed by atoms with Gasteiger partial charge in [0.15, 0.2) is 0 Å². The second-order valence-electron chi connectivity index (χ2n) is 8.72. The molecule has 2 N–H and O–H groups in total. The number of alkyl halides is 3. The molecular weight excluding hydrogens is 515 g/mol. The Morgan fingerprint density at radius 3 is 2.41 bits per heavy atom. The Labute approximate surface area is 209 Å². The third-order valence-electron chi connectivity index (χ3n) is 6.45. The quantitative estimate of drug-likeness (QED) is 0.441. The van der Waals surface area contributed by atoms with Gasteiger partial charge >= 0.3 is 11.2 Å². The number of rotatable bonds is 7. The van der Waals surface area contributed by atoms with Crippen LogP contribution in [0.2, 0.25) is 0 Å². The first-order valence-corrected chi connectivity index (χ1v) is 12.7. The number of benzene rings is 1. The van der Waals surface area contributed by atoms with Crippen LogP contribution >= 0.6 is 0 Å². The maximum absolute atomic E-state index is 13.3. The van der Waals surface area contributed by atoms with Crippen molar-refractivity contribution in [1.82, 2.24) is 24.3 Å². The van der Waals surface area contributed by atoms with Gasteiger partial charge in [0.2, 0.25) is 12.3 Å². The molecule has 1 unspecified atom stereocenters. The summed E-state index contributed by atoms with van der Waals surface area (Å²) in [4.78, 5) is 30.3. The fourth-order valence-corrected chi connectivity index (χ4v) is 5.26. The molecule has 1 aliphatic heterocycles. The molecule has 3 aromatic rings. The highest BCUT2D eigenvalue weighted by Crippen LogP contribution is 2.33. The molecule has 2 aromatic heterocycles. The van der Waals surface area contributed by atoms with Crippen molar-refractivity contribution in [2.75, 3.05) is 20.1 Å².